The monoisotopic (exact) mass is 397 g/mol. The minimum atomic E-state index is -3.85. The number of nitrogens with two attached hydrogens (primary N) is 1. The van der Waals surface area contributed by atoms with Gasteiger partial charge in [0.2, 0.25) is 0 Å². The minimum Gasteiger partial charge on any atom is -0.382 e. The van der Waals surface area contributed by atoms with E-state index in [1.807, 2.05) is 0 Å². The Morgan fingerprint density at radius 3 is 1.85 bits per heavy atom. The largest absolute Gasteiger partial charge is 0.382 e. The molecule has 10 heteroatoms. The van der Waals surface area contributed by atoms with Crippen molar-refractivity contribution in [3.63, 3.8) is 0 Å². The van der Waals surface area contributed by atoms with E-state index in [9.17, 15) is 12.8 Å². The van der Waals surface area contributed by atoms with Crippen LogP contribution in [0.25, 0.3) is 0 Å². The van der Waals surface area contributed by atoms with Crippen LogP contribution in [0, 0.1) is 5.82 Å². The van der Waals surface area contributed by atoms with E-state index in [0.717, 1.165) is 24.3 Å². The Morgan fingerprint density at radius 1 is 0.846 bits per heavy atom. The van der Waals surface area contributed by atoms with Crippen LogP contribution >= 0.6 is 0 Å². The lowest BCUT2D eigenvalue weighted by molar-refractivity contribution is 0.0554. The summed E-state index contributed by atoms with van der Waals surface area (Å²) in [6.45, 7) is 3.37. The van der Waals surface area contributed by atoms with Crippen molar-refractivity contribution < 1.29 is 35.9 Å². The van der Waals surface area contributed by atoms with Crippen LogP contribution in [0.5, 0.6) is 0 Å². The Bertz CT molecular complexity index is 534. The third kappa shape index (κ3) is 13.1. The third-order valence-electron chi connectivity index (χ3n) is 2.69. The van der Waals surface area contributed by atoms with E-state index in [0.29, 0.717) is 39.6 Å². The quantitative estimate of drug-likeness (QED) is 0.385. The standard InChI is InChI=1S/C11H15FO5S.C5H13NO2/c1-15-6-7-16-8-9-17-18(13,14)11-4-2-10(12)3-5-11;1-7-4-5-8-3-2-6/h2-5H,6-9H2,1H3;2-6H2,1H3. The second kappa shape index (κ2) is 16.1. The van der Waals surface area contributed by atoms with Gasteiger partial charge in [0.05, 0.1) is 51.1 Å². The van der Waals surface area contributed by atoms with Crippen LogP contribution in [0.1, 0.15) is 0 Å². The van der Waals surface area contributed by atoms with Gasteiger partial charge >= 0.3 is 0 Å². The number of benzene rings is 1. The van der Waals surface area contributed by atoms with Crippen LogP contribution in [0.15, 0.2) is 29.2 Å². The van der Waals surface area contributed by atoms with Gasteiger partial charge < -0.3 is 24.7 Å². The second-order valence-corrected chi connectivity index (χ2v) is 6.34. The zero-order valence-corrected chi connectivity index (χ0v) is 16.0. The van der Waals surface area contributed by atoms with Gasteiger partial charge in [-0.1, -0.05) is 0 Å². The molecule has 0 spiro atoms. The summed E-state index contributed by atoms with van der Waals surface area (Å²) in [5, 5.41) is 0. The highest BCUT2D eigenvalue weighted by Crippen LogP contribution is 2.12. The molecule has 0 radical (unpaired) electrons. The van der Waals surface area contributed by atoms with Crippen LogP contribution in [0.3, 0.4) is 0 Å². The molecule has 0 bridgehead atoms. The Hall–Kier alpha value is -1.14. The molecule has 1 aromatic rings. The van der Waals surface area contributed by atoms with Crippen LogP contribution in [-0.2, 0) is 33.2 Å². The lowest BCUT2D eigenvalue weighted by atomic mass is 10.4. The smallest absolute Gasteiger partial charge is 0.297 e. The first-order valence-corrected chi connectivity index (χ1v) is 9.37. The molecule has 0 unspecified atom stereocenters. The molecule has 0 aliphatic carbocycles. The first-order valence-electron chi connectivity index (χ1n) is 7.96. The van der Waals surface area contributed by atoms with Crippen LogP contribution in [0.4, 0.5) is 4.39 Å². The Balaban J connectivity index is 0.000000660. The summed E-state index contributed by atoms with van der Waals surface area (Å²) in [4.78, 5) is -0.0826. The summed E-state index contributed by atoms with van der Waals surface area (Å²) in [5.74, 6) is -0.503. The summed E-state index contributed by atoms with van der Waals surface area (Å²) in [7, 11) is -0.663. The SMILES string of the molecule is COCCOCCN.COCCOCCOS(=O)(=O)c1ccc(F)cc1. The topological polar surface area (TPSA) is 106 Å². The first kappa shape index (κ1) is 24.9. The molecule has 0 aliphatic rings. The van der Waals surface area contributed by atoms with Crippen molar-refractivity contribution >= 4 is 10.1 Å². The molecule has 152 valence electrons. The average Bonchev–Trinajstić information content (AvgIpc) is 2.63. The fourth-order valence-electron chi connectivity index (χ4n) is 1.44. The van der Waals surface area contributed by atoms with Gasteiger partial charge in [0.25, 0.3) is 10.1 Å². The predicted octanol–water partition coefficient (Wildman–Crippen LogP) is 0.802. The fourth-order valence-corrected chi connectivity index (χ4v) is 2.34. The lowest BCUT2D eigenvalue weighted by Gasteiger charge is -2.06. The van der Waals surface area contributed by atoms with Gasteiger partial charge in [-0.2, -0.15) is 8.42 Å². The van der Waals surface area contributed by atoms with Crippen LogP contribution in [0.2, 0.25) is 0 Å². The molecule has 0 aliphatic heterocycles. The fraction of sp³-hybridized carbons (Fsp3) is 0.625. The van der Waals surface area contributed by atoms with Gasteiger partial charge in [0.1, 0.15) is 5.82 Å². The van der Waals surface area contributed by atoms with Gasteiger partial charge in [0.15, 0.2) is 0 Å². The maximum Gasteiger partial charge on any atom is 0.297 e. The summed E-state index contributed by atoms with van der Waals surface area (Å²) in [6.07, 6.45) is 0. The number of rotatable bonds is 13. The van der Waals surface area contributed by atoms with Gasteiger partial charge in [-0.25, -0.2) is 4.39 Å². The zero-order chi connectivity index (χ0) is 19.7. The van der Waals surface area contributed by atoms with E-state index in [1.165, 1.54) is 0 Å². The molecule has 0 atom stereocenters. The number of hydrogen-bond acceptors (Lipinski definition) is 8. The summed E-state index contributed by atoms with van der Waals surface area (Å²) in [5.41, 5.74) is 5.14. The van der Waals surface area contributed by atoms with E-state index in [1.54, 1.807) is 14.2 Å². The van der Waals surface area contributed by atoms with E-state index in [4.69, 9.17) is 28.9 Å². The zero-order valence-electron chi connectivity index (χ0n) is 15.2. The summed E-state index contributed by atoms with van der Waals surface area (Å²) in [6, 6.07) is 4.42. The van der Waals surface area contributed by atoms with Crippen molar-refractivity contribution in [2.75, 3.05) is 67.0 Å². The molecule has 1 aromatic carbocycles. The maximum absolute atomic E-state index is 12.6. The summed E-state index contributed by atoms with van der Waals surface area (Å²) < 4.78 is 60.1. The Morgan fingerprint density at radius 2 is 1.35 bits per heavy atom. The van der Waals surface area contributed by atoms with Crippen molar-refractivity contribution in [2.45, 2.75) is 4.90 Å². The van der Waals surface area contributed by atoms with Gasteiger partial charge in [-0.15, -0.1) is 0 Å². The Kier molecular flexibility index (Phi) is 15.4. The van der Waals surface area contributed by atoms with Crippen molar-refractivity contribution in [3.05, 3.63) is 30.1 Å². The van der Waals surface area contributed by atoms with Crippen LogP contribution in [-0.4, -0.2) is 75.4 Å². The van der Waals surface area contributed by atoms with Crippen molar-refractivity contribution in [2.24, 2.45) is 5.73 Å². The van der Waals surface area contributed by atoms with Gasteiger partial charge in [-0.05, 0) is 24.3 Å². The molecule has 0 saturated carbocycles. The van der Waals surface area contributed by atoms with Gasteiger partial charge in [0, 0.05) is 20.8 Å². The van der Waals surface area contributed by atoms with Crippen molar-refractivity contribution in [3.8, 4) is 0 Å². The maximum atomic E-state index is 12.6. The highest BCUT2D eigenvalue weighted by Gasteiger charge is 2.14. The normalized spacial score (nSPS) is 11.1. The number of halogens is 1. The van der Waals surface area contributed by atoms with E-state index < -0.39 is 15.9 Å². The molecule has 0 saturated heterocycles. The van der Waals surface area contributed by atoms with E-state index in [-0.39, 0.29) is 18.1 Å². The molecule has 2 N–H and O–H groups in total. The van der Waals surface area contributed by atoms with E-state index in [2.05, 4.69) is 0 Å². The molecular formula is C16H28FNO7S. The molecule has 1 rings (SSSR count). The molecule has 0 heterocycles. The predicted molar refractivity (Wildman–Crippen MR) is 94.0 cm³/mol. The number of methoxy groups -OCH3 is 2. The first-order chi connectivity index (χ1) is 12.5. The molecule has 0 fully saturated rings. The second-order valence-electron chi connectivity index (χ2n) is 4.73. The molecule has 8 nitrogen and oxygen atoms in total. The lowest BCUT2D eigenvalue weighted by Crippen LogP contribution is -2.13. The molecule has 26 heavy (non-hydrogen) atoms. The average molecular weight is 397 g/mol. The van der Waals surface area contributed by atoms with Crippen LogP contribution < -0.4 is 5.73 Å². The third-order valence-corrected chi connectivity index (χ3v) is 4.02. The van der Waals surface area contributed by atoms with Gasteiger partial charge in [-0.3, -0.25) is 4.18 Å². The molecule has 0 aromatic heterocycles. The van der Waals surface area contributed by atoms with Crippen molar-refractivity contribution in [1.82, 2.24) is 0 Å². The number of hydrogen-bond donors (Lipinski definition) is 1. The molecule has 0 amide bonds. The number of ether oxygens (including phenoxy) is 4. The van der Waals surface area contributed by atoms with Crippen molar-refractivity contribution in [1.29, 1.82) is 0 Å². The highest BCUT2D eigenvalue weighted by atomic mass is 32.2. The Labute approximate surface area is 154 Å². The highest BCUT2D eigenvalue weighted by molar-refractivity contribution is 7.86. The molecular weight excluding hydrogens is 369 g/mol. The minimum absolute atomic E-state index is 0.0826. The van der Waals surface area contributed by atoms with E-state index >= 15 is 0 Å². The summed E-state index contributed by atoms with van der Waals surface area (Å²) >= 11 is 0.